The number of fused-ring (bicyclic) bond motifs is 2. The summed E-state index contributed by atoms with van der Waals surface area (Å²) in [6.45, 7) is 0. The molecule has 19 heavy (non-hydrogen) atoms. The fourth-order valence-corrected chi connectivity index (χ4v) is 3.76. The summed E-state index contributed by atoms with van der Waals surface area (Å²) in [5, 5.41) is 2.06. The molecule has 2 aromatic carbocycles. The van der Waals surface area contributed by atoms with E-state index in [2.05, 4.69) is 5.23 Å². The van der Waals surface area contributed by atoms with Gasteiger partial charge in [0.05, 0.1) is 7.11 Å². The molecule has 4 heteroatoms. The molecular formula is C15H10O3S. The molecule has 0 saturated carbocycles. The summed E-state index contributed by atoms with van der Waals surface area (Å²) >= 11 is 0. The molecule has 1 heterocycles. The molecule has 0 aromatic heterocycles. The van der Waals surface area contributed by atoms with Crippen molar-refractivity contribution in [2.75, 3.05) is 7.11 Å². The van der Waals surface area contributed by atoms with Gasteiger partial charge in [-0.2, -0.15) is 0 Å². The summed E-state index contributed by atoms with van der Waals surface area (Å²) in [7, 11) is 0.736. The van der Waals surface area contributed by atoms with E-state index in [1.54, 1.807) is 37.4 Å². The topological polar surface area (TPSA) is 43.4 Å². The number of ketones is 1. The third kappa shape index (κ3) is 1.73. The molecule has 1 atom stereocenters. The maximum atomic E-state index is 12.5. The van der Waals surface area contributed by atoms with Gasteiger partial charge in [-0.05, 0) is 40.8 Å². The van der Waals surface area contributed by atoms with E-state index in [1.165, 1.54) is 0 Å². The lowest BCUT2D eigenvalue weighted by atomic mass is 10.0. The maximum absolute atomic E-state index is 12.5. The Labute approximate surface area is 112 Å². The number of methoxy groups -OCH3 is 1. The quantitative estimate of drug-likeness (QED) is 0.638. The molecule has 1 aliphatic rings. The predicted octanol–water partition coefficient (Wildman–Crippen LogP) is 2.99. The predicted molar refractivity (Wildman–Crippen MR) is 72.7 cm³/mol. The Morgan fingerprint density at radius 2 is 1.79 bits per heavy atom. The number of benzene rings is 2. The molecule has 0 radical (unpaired) electrons. The standard InChI is InChI=1S/C15H10O3S/c1-18-10-6-7-14-12(8-10)15(17)11-4-2-3-5-13(11)19(14)9-16/h2-8H,1H3. The molecule has 0 aliphatic carbocycles. The van der Waals surface area contributed by atoms with Crippen LogP contribution in [0.2, 0.25) is 0 Å². The van der Waals surface area contributed by atoms with Gasteiger partial charge in [0.25, 0.3) is 0 Å². The Morgan fingerprint density at radius 3 is 2.53 bits per heavy atom. The average Bonchev–Trinajstić information content (AvgIpc) is 2.48. The van der Waals surface area contributed by atoms with E-state index >= 15 is 0 Å². The van der Waals surface area contributed by atoms with E-state index in [4.69, 9.17) is 4.74 Å². The number of hydrogen-bond acceptors (Lipinski definition) is 3. The molecular weight excluding hydrogens is 260 g/mol. The van der Waals surface area contributed by atoms with Gasteiger partial charge in [0.1, 0.15) is 5.75 Å². The van der Waals surface area contributed by atoms with Crippen molar-refractivity contribution < 1.29 is 14.3 Å². The van der Waals surface area contributed by atoms with Gasteiger partial charge in [-0.25, -0.2) is 4.79 Å². The Hall–Kier alpha value is -2.16. The number of carbonyl (C=O) groups excluding carboxylic acids is 2. The van der Waals surface area contributed by atoms with E-state index in [0.717, 1.165) is 9.79 Å². The highest BCUT2D eigenvalue weighted by molar-refractivity contribution is 8.14. The van der Waals surface area contributed by atoms with Crippen LogP contribution in [0.4, 0.5) is 0 Å². The van der Waals surface area contributed by atoms with Gasteiger partial charge >= 0.3 is 0 Å². The number of ether oxygens (including phenoxy) is 1. The van der Waals surface area contributed by atoms with Crippen LogP contribution < -0.4 is 4.74 Å². The zero-order valence-corrected chi connectivity index (χ0v) is 11.0. The van der Waals surface area contributed by atoms with E-state index in [9.17, 15) is 9.59 Å². The maximum Gasteiger partial charge on any atom is 0.195 e. The molecule has 0 spiro atoms. The highest BCUT2D eigenvalue weighted by Crippen LogP contribution is 2.44. The van der Waals surface area contributed by atoms with Gasteiger partial charge < -0.3 is 4.74 Å². The zero-order chi connectivity index (χ0) is 13.4. The van der Waals surface area contributed by atoms with Gasteiger partial charge in [0.15, 0.2) is 11.0 Å². The SMILES string of the molecule is COc1ccc2c(c1)C(=O)c1ccccc1S2=C=O. The summed E-state index contributed by atoms with van der Waals surface area (Å²) in [5.41, 5.74) is 1.11. The zero-order valence-electron chi connectivity index (χ0n) is 10.2. The summed E-state index contributed by atoms with van der Waals surface area (Å²) in [6.07, 6.45) is 0. The molecule has 1 aliphatic heterocycles. The fraction of sp³-hybridized carbons (Fsp3) is 0.0667. The highest BCUT2D eigenvalue weighted by atomic mass is 32.2. The van der Waals surface area contributed by atoms with Crippen LogP contribution in [0.3, 0.4) is 0 Å². The van der Waals surface area contributed by atoms with Crippen LogP contribution in [-0.4, -0.2) is 18.1 Å². The first-order chi connectivity index (χ1) is 9.26. The Morgan fingerprint density at radius 1 is 1.05 bits per heavy atom. The van der Waals surface area contributed by atoms with Crippen molar-refractivity contribution >= 4 is 21.5 Å². The summed E-state index contributed by atoms with van der Waals surface area (Å²) in [6, 6.07) is 12.4. The second-order valence-corrected chi connectivity index (χ2v) is 5.74. The molecule has 0 saturated heterocycles. The minimum absolute atomic E-state index is 0.0662. The van der Waals surface area contributed by atoms with E-state index < -0.39 is 10.5 Å². The van der Waals surface area contributed by atoms with Crippen LogP contribution >= 0.6 is 10.5 Å². The minimum atomic E-state index is -0.814. The van der Waals surface area contributed by atoms with Crippen molar-refractivity contribution in [1.29, 1.82) is 0 Å². The Bertz CT molecular complexity index is 743. The Kier molecular flexibility index (Phi) is 2.82. The summed E-state index contributed by atoms with van der Waals surface area (Å²) in [4.78, 5) is 25.2. The number of carbonyl (C=O) groups is 1. The van der Waals surface area contributed by atoms with E-state index in [0.29, 0.717) is 16.9 Å². The molecule has 94 valence electrons. The third-order valence-corrected chi connectivity index (χ3v) is 4.84. The van der Waals surface area contributed by atoms with Gasteiger partial charge in [-0.3, -0.25) is 4.79 Å². The van der Waals surface area contributed by atoms with Crippen LogP contribution in [0.1, 0.15) is 15.9 Å². The molecule has 0 bridgehead atoms. The summed E-state index contributed by atoms with van der Waals surface area (Å²) in [5.74, 6) is 0.546. The first-order valence-electron chi connectivity index (χ1n) is 5.70. The van der Waals surface area contributed by atoms with Crippen molar-refractivity contribution in [2.24, 2.45) is 0 Å². The fourth-order valence-electron chi connectivity index (χ4n) is 2.18. The van der Waals surface area contributed by atoms with Crippen LogP contribution in [0.15, 0.2) is 52.3 Å². The van der Waals surface area contributed by atoms with Crippen molar-refractivity contribution in [3.8, 4) is 5.75 Å². The number of hydrogen-bond donors (Lipinski definition) is 0. The van der Waals surface area contributed by atoms with Crippen molar-refractivity contribution in [1.82, 2.24) is 0 Å². The van der Waals surface area contributed by atoms with Crippen molar-refractivity contribution in [3.63, 3.8) is 0 Å². The first-order valence-corrected chi connectivity index (χ1v) is 6.92. The van der Waals surface area contributed by atoms with Gasteiger partial charge in [0.2, 0.25) is 0 Å². The molecule has 0 fully saturated rings. The lowest BCUT2D eigenvalue weighted by Gasteiger charge is -2.20. The van der Waals surface area contributed by atoms with Crippen molar-refractivity contribution in [2.45, 2.75) is 9.79 Å². The average molecular weight is 270 g/mol. The number of rotatable bonds is 1. The molecule has 1 unspecified atom stereocenters. The largest absolute Gasteiger partial charge is 0.497 e. The molecule has 0 N–H and O–H groups in total. The first kappa shape index (κ1) is 11.9. The monoisotopic (exact) mass is 270 g/mol. The normalized spacial score (nSPS) is 16.3. The molecule has 3 rings (SSSR count). The Balaban J connectivity index is 2.34. The smallest absolute Gasteiger partial charge is 0.195 e. The van der Waals surface area contributed by atoms with Gasteiger partial charge in [-0.1, -0.05) is 12.1 Å². The third-order valence-electron chi connectivity index (χ3n) is 3.09. The van der Waals surface area contributed by atoms with Crippen LogP contribution in [0.25, 0.3) is 0 Å². The molecule has 3 nitrogen and oxygen atoms in total. The van der Waals surface area contributed by atoms with Crippen LogP contribution in [-0.2, 0) is 4.79 Å². The van der Waals surface area contributed by atoms with Gasteiger partial charge in [0, 0.05) is 20.9 Å². The second kappa shape index (κ2) is 4.50. The van der Waals surface area contributed by atoms with E-state index in [1.807, 2.05) is 12.1 Å². The second-order valence-electron chi connectivity index (χ2n) is 4.08. The highest BCUT2D eigenvalue weighted by Gasteiger charge is 2.27. The summed E-state index contributed by atoms with van der Waals surface area (Å²) < 4.78 is 5.14. The minimum Gasteiger partial charge on any atom is -0.497 e. The van der Waals surface area contributed by atoms with Gasteiger partial charge in [-0.15, -0.1) is 0 Å². The van der Waals surface area contributed by atoms with Crippen LogP contribution in [0, 0.1) is 0 Å². The molecule has 0 amide bonds. The van der Waals surface area contributed by atoms with Crippen molar-refractivity contribution in [3.05, 3.63) is 53.6 Å². The lowest BCUT2D eigenvalue weighted by molar-refractivity contribution is 0.103. The van der Waals surface area contributed by atoms with Crippen LogP contribution in [0.5, 0.6) is 5.75 Å². The lowest BCUT2D eigenvalue weighted by Crippen LogP contribution is -2.10. The van der Waals surface area contributed by atoms with E-state index in [-0.39, 0.29) is 5.78 Å². The molecule has 2 aromatic rings.